The Hall–Kier alpha value is -1.04. The lowest BCUT2D eigenvalue weighted by Gasteiger charge is -2.38. The first-order valence-electron chi connectivity index (χ1n) is 3.98. The van der Waals surface area contributed by atoms with Crippen LogP contribution in [0.5, 0.6) is 0 Å². The quantitative estimate of drug-likeness (QED) is 0.531. The monoisotopic (exact) mass is 144 g/mol. The van der Waals surface area contributed by atoms with Crippen molar-refractivity contribution in [2.24, 2.45) is 0 Å². The maximum absolute atomic E-state index is 3.85. The molecular weight excluding hydrogens is 132 g/mol. The highest BCUT2D eigenvalue weighted by Gasteiger charge is 2.34. The normalized spacial score (nSPS) is 27.0. The summed E-state index contributed by atoms with van der Waals surface area (Å²) in [5, 5.41) is 0. The van der Waals surface area contributed by atoms with Crippen molar-refractivity contribution in [3.8, 4) is 0 Å². The van der Waals surface area contributed by atoms with E-state index in [0.717, 1.165) is 6.42 Å². The van der Waals surface area contributed by atoms with Crippen LogP contribution < -0.4 is 0 Å². The van der Waals surface area contributed by atoms with Crippen LogP contribution in [0.1, 0.15) is 18.1 Å². The van der Waals surface area contributed by atoms with E-state index in [2.05, 4.69) is 43.8 Å². The van der Waals surface area contributed by atoms with Crippen molar-refractivity contribution in [2.45, 2.75) is 18.8 Å². The van der Waals surface area contributed by atoms with Gasteiger partial charge in [-0.15, -0.1) is 6.58 Å². The molecule has 0 heteroatoms. The van der Waals surface area contributed by atoms with E-state index in [1.54, 1.807) is 0 Å². The molecule has 1 aromatic rings. The Bertz CT molecular complexity index is 299. The molecule has 1 aromatic carbocycles. The average Bonchev–Trinajstić information content (AvgIpc) is 2.02. The van der Waals surface area contributed by atoms with Crippen molar-refractivity contribution in [2.75, 3.05) is 0 Å². The van der Waals surface area contributed by atoms with E-state index in [1.165, 1.54) is 11.1 Å². The Balaban J connectivity index is 2.50. The van der Waals surface area contributed by atoms with E-state index in [0.29, 0.717) is 0 Å². The number of benzene rings is 1. The van der Waals surface area contributed by atoms with Gasteiger partial charge in [0.1, 0.15) is 0 Å². The topological polar surface area (TPSA) is 0 Å². The highest BCUT2D eigenvalue weighted by Crippen LogP contribution is 2.41. The van der Waals surface area contributed by atoms with Crippen molar-refractivity contribution in [3.63, 3.8) is 0 Å². The Morgan fingerprint density at radius 1 is 1.45 bits per heavy atom. The Morgan fingerprint density at radius 3 is 2.82 bits per heavy atom. The summed E-state index contributed by atoms with van der Waals surface area (Å²) in [6.45, 7) is 6.09. The largest absolute Gasteiger partial charge is 0.102 e. The Labute approximate surface area is 67.6 Å². The minimum atomic E-state index is 0.261. The highest BCUT2D eigenvalue weighted by molar-refractivity contribution is 5.47. The van der Waals surface area contributed by atoms with Crippen LogP contribution in [0.15, 0.2) is 36.9 Å². The van der Waals surface area contributed by atoms with Crippen molar-refractivity contribution in [3.05, 3.63) is 48.0 Å². The van der Waals surface area contributed by atoms with E-state index < -0.39 is 0 Å². The van der Waals surface area contributed by atoms with Crippen molar-refractivity contribution in [1.29, 1.82) is 0 Å². The fraction of sp³-hybridized carbons (Fsp3) is 0.273. The van der Waals surface area contributed by atoms with Crippen LogP contribution in [-0.2, 0) is 11.8 Å². The predicted molar refractivity (Wildman–Crippen MR) is 47.7 cm³/mol. The van der Waals surface area contributed by atoms with Gasteiger partial charge in [-0.1, -0.05) is 37.3 Å². The van der Waals surface area contributed by atoms with Crippen LogP contribution in [0.25, 0.3) is 0 Å². The first-order chi connectivity index (χ1) is 5.26. The molecule has 1 aliphatic rings. The third kappa shape index (κ3) is 0.756. The Morgan fingerprint density at radius 2 is 2.18 bits per heavy atom. The molecule has 2 rings (SSSR count). The standard InChI is InChI=1S/C11H12/c1-3-11(2)8-9-6-4-5-7-10(9)11/h3-7H,1,8H2,2H3. The fourth-order valence-corrected chi connectivity index (χ4v) is 1.80. The molecule has 0 spiro atoms. The van der Waals surface area contributed by atoms with Gasteiger partial charge in [-0.05, 0) is 17.5 Å². The smallest absolute Gasteiger partial charge is 0.0144 e. The summed E-state index contributed by atoms with van der Waals surface area (Å²) in [5.41, 5.74) is 3.20. The summed E-state index contributed by atoms with van der Waals surface area (Å²) in [7, 11) is 0. The molecule has 1 aliphatic carbocycles. The van der Waals surface area contributed by atoms with E-state index in [-0.39, 0.29) is 5.41 Å². The second-order valence-corrected chi connectivity index (χ2v) is 3.46. The SMILES string of the molecule is C=CC1(C)Cc2ccccc21. The van der Waals surface area contributed by atoms with Gasteiger partial charge in [0.05, 0.1) is 0 Å². The van der Waals surface area contributed by atoms with Crippen LogP contribution in [0.4, 0.5) is 0 Å². The zero-order valence-electron chi connectivity index (χ0n) is 6.80. The lowest BCUT2D eigenvalue weighted by atomic mass is 9.65. The summed E-state index contributed by atoms with van der Waals surface area (Å²) in [4.78, 5) is 0. The van der Waals surface area contributed by atoms with Crippen LogP contribution in [0.3, 0.4) is 0 Å². The molecule has 0 aromatic heterocycles. The third-order valence-corrected chi connectivity index (χ3v) is 2.64. The van der Waals surface area contributed by atoms with Gasteiger partial charge in [0, 0.05) is 5.41 Å². The molecule has 0 bridgehead atoms. The minimum absolute atomic E-state index is 0.261. The van der Waals surface area contributed by atoms with Gasteiger partial charge in [0.2, 0.25) is 0 Å². The van der Waals surface area contributed by atoms with E-state index >= 15 is 0 Å². The summed E-state index contributed by atoms with van der Waals surface area (Å²) >= 11 is 0. The molecule has 1 unspecified atom stereocenters. The lowest BCUT2D eigenvalue weighted by molar-refractivity contribution is 0.518. The van der Waals surface area contributed by atoms with E-state index in [1.807, 2.05) is 0 Å². The zero-order valence-corrected chi connectivity index (χ0v) is 6.80. The molecule has 1 atom stereocenters. The van der Waals surface area contributed by atoms with Crippen molar-refractivity contribution in [1.82, 2.24) is 0 Å². The molecule has 0 heterocycles. The zero-order chi connectivity index (χ0) is 7.90. The average molecular weight is 144 g/mol. The van der Waals surface area contributed by atoms with Crippen LogP contribution in [0, 0.1) is 0 Å². The minimum Gasteiger partial charge on any atom is -0.102 e. The summed E-state index contributed by atoms with van der Waals surface area (Å²) in [5.74, 6) is 0. The van der Waals surface area contributed by atoms with Crippen molar-refractivity contribution < 1.29 is 0 Å². The number of fused-ring (bicyclic) bond motifs is 1. The molecule has 0 radical (unpaired) electrons. The third-order valence-electron chi connectivity index (χ3n) is 2.64. The van der Waals surface area contributed by atoms with E-state index in [4.69, 9.17) is 0 Å². The maximum atomic E-state index is 3.85. The first-order valence-corrected chi connectivity index (χ1v) is 3.98. The van der Waals surface area contributed by atoms with Crippen molar-refractivity contribution >= 4 is 0 Å². The van der Waals surface area contributed by atoms with Gasteiger partial charge in [-0.2, -0.15) is 0 Å². The molecule has 0 saturated heterocycles. The number of hydrogen-bond acceptors (Lipinski definition) is 0. The number of rotatable bonds is 1. The van der Waals surface area contributed by atoms with Gasteiger partial charge >= 0.3 is 0 Å². The van der Waals surface area contributed by atoms with Gasteiger partial charge in [0.25, 0.3) is 0 Å². The second-order valence-electron chi connectivity index (χ2n) is 3.46. The molecule has 0 nitrogen and oxygen atoms in total. The molecule has 0 amide bonds. The molecule has 0 fully saturated rings. The highest BCUT2D eigenvalue weighted by atomic mass is 14.4. The molecule has 56 valence electrons. The maximum Gasteiger partial charge on any atom is 0.0144 e. The number of hydrogen-bond donors (Lipinski definition) is 0. The van der Waals surface area contributed by atoms with Gasteiger partial charge < -0.3 is 0 Å². The molecular formula is C11H12. The second kappa shape index (κ2) is 1.97. The Kier molecular flexibility index (Phi) is 1.19. The predicted octanol–water partition coefficient (Wildman–Crippen LogP) is 2.69. The lowest BCUT2D eigenvalue weighted by Crippen LogP contribution is -2.33. The summed E-state index contributed by atoms with van der Waals surface area (Å²) in [6.07, 6.45) is 3.21. The fourth-order valence-electron chi connectivity index (χ4n) is 1.80. The molecule has 0 aliphatic heterocycles. The van der Waals surface area contributed by atoms with E-state index in [9.17, 15) is 0 Å². The molecule has 0 N–H and O–H groups in total. The molecule has 11 heavy (non-hydrogen) atoms. The van der Waals surface area contributed by atoms with Crippen LogP contribution >= 0.6 is 0 Å². The van der Waals surface area contributed by atoms with Gasteiger partial charge in [-0.25, -0.2) is 0 Å². The summed E-state index contributed by atoms with van der Waals surface area (Å²) < 4.78 is 0. The van der Waals surface area contributed by atoms with Gasteiger partial charge in [-0.3, -0.25) is 0 Å². The van der Waals surface area contributed by atoms with Crippen LogP contribution in [-0.4, -0.2) is 0 Å². The first kappa shape index (κ1) is 6.66. The van der Waals surface area contributed by atoms with Crippen LogP contribution in [0.2, 0.25) is 0 Å². The van der Waals surface area contributed by atoms with Gasteiger partial charge in [0.15, 0.2) is 0 Å². The molecule has 0 saturated carbocycles. The summed E-state index contributed by atoms with van der Waals surface area (Å²) in [6, 6.07) is 8.59. The number of allylic oxidation sites excluding steroid dienone is 1.